The van der Waals surface area contributed by atoms with Crippen LogP contribution in [0.25, 0.3) is 0 Å². The third-order valence-corrected chi connectivity index (χ3v) is 4.16. The van der Waals surface area contributed by atoms with E-state index in [2.05, 4.69) is 24.4 Å². The van der Waals surface area contributed by atoms with E-state index in [4.69, 9.17) is 11.6 Å². The van der Waals surface area contributed by atoms with Crippen molar-refractivity contribution in [1.29, 1.82) is 0 Å². The Kier molecular flexibility index (Phi) is 2.68. The van der Waals surface area contributed by atoms with Crippen molar-refractivity contribution in [3.05, 3.63) is 34.3 Å². The average Bonchev–Trinajstić information content (AvgIpc) is 3.00. The molecule has 3 rings (SSSR count). The predicted molar refractivity (Wildman–Crippen MR) is 68.0 cm³/mol. The second kappa shape index (κ2) is 4.05. The molecule has 0 amide bonds. The van der Waals surface area contributed by atoms with Crippen LogP contribution in [-0.4, -0.2) is 12.1 Å². The zero-order valence-electron chi connectivity index (χ0n) is 9.67. The molecule has 0 aliphatic heterocycles. The van der Waals surface area contributed by atoms with Gasteiger partial charge < -0.3 is 5.32 Å². The molecule has 1 nitrogen and oxygen atoms in total. The molecular formula is C14H18ClN. The molecule has 2 unspecified atom stereocenters. The lowest BCUT2D eigenvalue weighted by molar-refractivity contribution is 0.423. The summed E-state index contributed by atoms with van der Waals surface area (Å²) in [6.45, 7) is 2.33. The van der Waals surface area contributed by atoms with Crippen LogP contribution in [0, 0.1) is 5.92 Å². The lowest BCUT2D eigenvalue weighted by atomic mass is 10.1. The standard InChI is InChI=1S/C14H18ClN/c1-9(10-2-3-10)16-14-7-11-4-5-13(15)6-12(11)8-14/h4-6,9-10,14,16H,2-3,7-8H2,1H3. The maximum Gasteiger partial charge on any atom is 0.0408 e. The molecule has 1 saturated carbocycles. The Bertz CT molecular complexity index is 398. The molecule has 2 atom stereocenters. The molecule has 1 fully saturated rings. The van der Waals surface area contributed by atoms with Crippen molar-refractivity contribution < 1.29 is 0 Å². The van der Waals surface area contributed by atoms with Gasteiger partial charge in [-0.3, -0.25) is 0 Å². The summed E-state index contributed by atoms with van der Waals surface area (Å²) in [4.78, 5) is 0. The molecule has 86 valence electrons. The van der Waals surface area contributed by atoms with Crippen LogP contribution in [0.15, 0.2) is 18.2 Å². The number of halogens is 1. The predicted octanol–water partition coefficient (Wildman–Crippen LogP) is 3.20. The van der Waals surface area contributed by atoms with Crippen LogP contribution in [0.2, 0.25) is 5.02 Å². The molecule has 2 aliphatic carbocycles. The largest absolute Gasteiger partial charge is 0.311 e. The summed E-state index contributed by atoms with van der Waals surface area (Å²) < 4.78 is 0. The monoisotopic (exact) mass is 235 g/mol. The first-order valence-electron chi connectivity index (χ1n) is 6.26. The highest BCUT2D eigenvalue weighted by atomic mass is 35.5. The Morgan fingerprint density at radius 1 is 1.25 bits per heavy atom. The summed E-state index contributed by atoms with van der Waals surface area (Å²) >= 11 is 6.02. The van der Waals surface area contributed by atoms with Gasteiger partial charge in [0.15, 0.2) is 0 Å². The van der Waals surface area contributed by atoms with E-state index < -0.39 is 0 Å². The van der Waals surface area contributed by atoms with Crippen molar-refractivity contribution in [2.24, 2.45) is 5.92 Å². The zero-order chi connectivity index (χ0) is 11.1. The molecule has 2 aliphatic rings. The summed E-state index contributed by atoms with van der Waals surface area (Å²) in [7, 11) is 0. The van der Waals surface area contributed by atoms with E-state index in [1.54, 1.807) is 0 Å². The summed E-state index contributed by atoms with van der Waals surface area (Å²) in [6.07, 6.45) is 5.15. The van der Waals surface area contributed by atoms with Gasteiger partial charge in [-0.2, -0.15) is 0 Å². The normalized spacial score (nSPS) is 25.5. The molecule has 0 spiro atoms. The third kappa shape index (κ3) is 2.11. The quantitative estimate of drug-likeness (QED) is 0.849. The number of benzene rings is 1. The van der Waals surface area contributed by atoms with E-state index in [0.29, 0.717) is 12.1 Å². The SMILES string of the molecule is CC(NC1Cc2ccc(Cl)cc2C1)C1CC1. The number of fused-ring (bicyclic) bond motifs is 1. The minimum atomic E-state index is 0.629. The average molecular weight is 236 g/mol. The number of nitrogens with one attached hydrogen (secondary N) is 1. The zero-order valence-corrected chi connectivity index (χ0v) is 10.4. The van der Waals surface area contributed by atoms with Gasteiger partial charge in [-0.25, -0.2) is 0 Å². The van der Waals surface area contributed by atoms with E-state index in [1.165, 1.54) is 30.4 Å². The topological polar surface area (TPSA) is 12.0 Å². The molecule has 1 aromatic carbocycles. The van der Waals surface area contributed by atoms with Gasteiger partial charge in [0.25, 0.3) is 0 Å². The Balaban J connectivity index is 1.65. The smallest absolute Gasteiger partial charge is 0.0408 e. The van der Waals surface area contributed by atoms with Crippen LogP contribution in [0.1, 0.15) is 30.9 Å². The molecule has 0 saturated heterocycles. The maximum absolute atomic E-state index is 6.02. The van der Waals surface area contributed by atoms with Crippen molar-refractivity contribution >= 4 is 11.6 Å². The van der Waals surface area contributed by atoms with E-state index in [9.17, 15) is 0 Å². The second-order valence-electron chi connectivity index (χ2n) is 5.31. The van der Waals surface area contributed by atoms with Crippen molar-refractivity contribution in [2.75, 3.05) is 0 Å². The van der Waals surface area contributed by atoms with Gasteiger partial charge in [-0.15, -0.1) is 0 Å². The fraction of sp³-hybridized carbons (Fsp3) is 0.571. The highest BCUT2D eigenvalue weighted by Crippen LogP contribution is 2.33. The molecule has 0 bridgehead atoms. The van der Waals surface area contributed by atoms with Crippen LogP contribution in [0.3, 0.4) is 0 Å². The van der Waals surface area contributed by atoms with Crippen molar-refractivity contribution in [1.82, 2.24) is 5.32 Å². The molecule has 16 heavy (non-hydrogen) atoms. The minimum Gasteiger partial charge on any atom is -0.311 e. The van der Waals surface area contributed by atoms with E-state index in [0.717, 1.165) is 17.4 Å². The fourth-order valence-corrected chi connectivity index (χ4v) is 3.00. The first-order valence-corrected chi connectivity index (χ1v) is 6.63. The van der Waals surface area contributed by atoms with E-state index >= 15 is 0 Å². The van der Waals surface area contributed by atoms with Crippen LogP contribution in [-0.2, 0) is 12.8 Å². The summed E-state index contributed by atoms with van der Waals surface area (Å²) in [5.74, 6) is 0.937. The van der Waals surface area contributed by atoms with Gasteiger partial charge >= 0.3 is 0 Å². The van der Waals surface area contributed by atoms with Gasteiger partial charge in [0, 0.05) is 17.1 Å². The Labute approximate surface area is 102 Å². The second-order valence-corrected chi connectivity index (χ2v) is 5.75. The highest BCUT2D eigenvalue weighted by molar-refractivity contribution is 6.30. The summed E-state index contributed by atoms with van der Waals surface area (Å²) in [6, 6.07) is 7.63. The lowest BCUT2D eigenvalue weighted by Gasteiger charge is -2.18. The molecule has 1 aromatic rings. The van der Waals surface area contributed by atoms with Gasteiger partial charge in [0.05, 0.1) is 0 Å². The van der Waals surface area contributed by atoms with E-state index in [-0.39, 0.29) is 0 Å². The molecule has 0 aromatic heterocycles. The maximum atomic E-state index is 6.02. The van der Waals surface area contributed by atoms with E-state index in [1.807, 2.05) is 6.07 Å². The van der Waals surface area contributed by atoms with Crippen molar-refractivity contribution in [3.8, 4) is 0 Å². The summed E-state index contributed by atoms with van der Waals surface area (Å²) in [5.41, 5.74) is 2.91. The minimum absolute atomic E-state index is 0.629. The van der Waals surface area contributed by atoms with Gasteiger partial charge in [0.1, 0.15) is 0 Å². The van der Waals surface area contributed by atoms with Crippen LogP contribution < -0.4 is 5.32 Å². The highest BCUT2D eigenvalue weighted by Gasteiger charge is 2.31. The van der Waals surface area contributed by atoms with Gasteiger partial charge in [0.2, 0.25) is 0 Å². The van der Waals surface area contributed by atoms with Gasteiger partial charge in [-0.1, -0.05) is 17.7 Å². The number of hydrogen-bond acceptors (Lipinski definition) is 1. The number of hydrogen-bond donors (Lipinski definition) is 1. The van der Waals surface area contributed by atoms with Crippen molar-refractivity contribution in [2.45, 2.75) is 44.7 Å². The lowest BCUT2D eigenvalue weighted by Crippen LogP contribution is -2.38. The Hall–Kier alpha value is -0.530. The van der Waals surface area contributed by atoms with Crippen molar-refractivity contribution in [3.63, 3.8) is 0 Å². The Morgan fingerprint density at radius 3 is 2.75 bits per heavy atom. The molecule has 1 N–H and O–H groups in total. The molecule has 0 radical (unpaired) electrons. The number of rotatable bonds is 3. The first-order chi connectivity index (χ1) is 7.72. The third-order valence-electron chi connectivity index (χ3n) is 3.93. The fourth-order valence-electron chi connectivity index (χ4n) is 2.81. The van der Waals surface area contributed by atoms with Crippen LogP contribution in [0.4, 0.5) is 0 Å². The molecular weight excluding hydrogens is 218 g/mol. The van der Waals surface area contributed by atoms with Crippen LogP contribution in [0.5, 0.6) is 0 Å². The van der Waals surface area contributed by atoms with Gasteiger partial charge in [-0.05, 0) is 61.8 Å². The van der Waals surface area contributed by atoms with Crippen LogP contribution >= 0.6 is 11.6 Å². The first kappa shape index (κ1) is 10.6. The molecule has 2 heteroatoms. The summed E-state index contributed by atoms with van der Waals surface area (Å²) in [5, 5.41) is 4.63. The molecule has 0 heterocycles. The Morgan fingerprint density at radius 2 is 2.00 bits per heavy atom.